The van der Waals surface area contributed by atoms with Gasteiger partial charge in [0.25, 0.3) is 0 Å². The molecule has 0 aliphatic heterocycles. The first-order valence-electron chi connectivity index (χ1n) is 0. The average Bonchev–Trinajstić information content (AvgIpc) is 0. The van der Waals surface area contributed by atoms with Gasteiger partial charge in [-0.05, 0) is 0 Å². The molecule has 5 heteroatoms. The van der Waals surface area contributed by atoms with Crippen molar-refractivity contribution in [2.75, 3.05) is 0 Å². The second-order valence-corrected chi connectivity index (χ2v) is 0. The largest absolute Gasteiger partial charge is 2.00 e. The normalized spacial score (nSPS) is 0. The topological polar surface area (TPSA) is 0 Å². The molecule has 0 heterocycles. The molecular weight excluding hydrogens is 197 g/mol. The molecule has 5 heavy (non-hydrogen) atoms. The summed E-state index contributed by atoms with van der Waals surface area (Å²) in [4.78, 5) is 0. The number of hydrogen-bond donors (Lipinski definition) is 0. The summed E-state index contributed by atoms with van der Waals surface area (Å²) in [6.45, 7) is 0. The van der Waals surface area contributed by atoms with Crippen LogP contribution in [-0.2, 0) is 34.1 Å². The van der Waals surface area contributed by atoms with Gasteiger partial charge in [-0.15, -0.1) is 0 Å². The smallest absolute Gasteiger partial charge is 1.00 e. The van der Waals surface area contributed by atoms with E-state index in [-0.39, 0.29) is 94.8 Å². The molecule has 34 valence electrons. The van der Waals surface area contributed by atoms with Crippen LogP contribution in [0.4, 0.5) is 0 Å². The molecule has 2 radical (unpaired) electrons. The Balaban J connectivity index is 0. The molecule has 0 rings (SSSR count). The van der Waals surface area contributed by atoms with Crippen molar-refractivity contribution in [2.24, 2.45) is 0 Å². The Morgan fingerprint density at radius 2 is 1.00 bits per heavy atom. The maximum Gasteiger partial charge on any atom is 2.00 e. The predicted molar refractivity (Wildman–Crippen MR) is 27.9 cm³/mol. The monoisotopic (exact) mass is 204 g/mol. The van der Waals surface area contributed by atoms with E-state index in [2.05, 4.69) is 0 Å². The van der Waals surface area contributed by atoms with Crippen LogP contribution in [0.5, 0.6) is 0 Å². The molecule has 0 unspecified atom stereocenters. The van der Waals surface area contributed by atoms with E-state index in [4.69, 9.17) is 0 Å². The van der Waals surface area contributed by atoms with Gasteiger partial charge in [0.1, 0.15) is 0 Å². The summed E-state index contributed by atoms with van der Waals surface area (Å²) in [6.07, 6.45) is 0. The minimum atomic E-state index is 0. The maximum atomic E-state index is 0. The van der Waals surface area contributed by atoms with E-state index in [1.54, 1.807) is 0 Å². The second kappa shape index (κ2) is 28.7. The summed E-state index contributed by atoms with van der Waals surface area (Å²) in [5.41, 5.74) is 0. The SMILES string of the molecule is [AlH3].[AlH3].[Cu].[H-].[H-].[Mg+2].[Mn]. The summed E-state index contributed by atoms with van der Waals surface area (Å²) in [5.74, 6) is 0. The van der Waals surface area contributed by atoms with E-state index in [0.29, 0.717) is 0 Å². The third-order valence-corrected chi connectivity index (χ3v) is 0. The zero-order valence-corrected chi connectivity index (χ0v) is 4.92. The minimum Gasteiger partial charge on any atom is -1.00 e. The van der Waals surface area contributed by atoms with Crippen molar-refractivity contribution < 1.29 is 37.0 Å². The predicted octanol–water partition coefficient (Wildman–Crippen LogP) is -2.53. The fourth-order valence-corrected chi connectivity index (χ4v) is 0. The van der Waals surface area contributed by atoms with Gasteiger partial charge < -0.3 is 2.85 Å². The molecule has 0 N–H and O–H groups in total. The zero-order chi connectivity index (χ0) is 0. The van der Waals surface area contributed by atoms with Crippen LogP contribution in [0, 0.1) is 0 Å². The molecule has 0 aliphatic rings. The third-order valence-electron chi connectivity index (χ3n) is 0. The van der Waals surface area contributed by atoms with Gasteiger partial charge in [0, 0.05) is 34.1 Å². The Labute approximate surface area is 93.5 Å². The standard InChI is InChI=1S/2Al.Cu.Mg.Mn.8H/q;;;+2;;;;;;;;2*-1. The van der Waals surface area contributed by atoms with E-state index in [0.717, 1.165) is 0 Å². The minimum absolute atomic E-state index is 0. The molecule has 0 aliphatic carbocycles. The Morgan fingerprint density at radius 1 is 1.00 bits per heavy atom. The molecule has 0 fully saturated rings. The molecule has 0 aromatic rings. The molecule has 0 aromatic heterocycles. The van der Waals surface area contributed by atoms with E-state index in [1.807, 2.05) is 0 Å². The summed E-state index contributed by atoms with van der Waals surface area (Å²) in [6, 6.07) is 0. The quantitative estimate of drug-likeness (QED) is 0.382. The Morgan fingerprint density at radius 3 is 1.00 bits per heavy atom. The van der Waals surface area contributed by atoms with E-state index >= 15 is 0 Å². The van der Waals surface area contributed by atoms with Crippen LogP contribution in [0.25, 0.3) is 0 Å². The van der Waals surface area contributed by atoms with E-state index < -0.39 is 0 Å². The summed E-state index contributed by atoms with van der Waals surface area (Å²) >= 11 is 0. The zero-order valence-electron chi connectivity index (χ0n) is 3.39. The molecule has 0 spiro atoms. The van der Waals surface area contributed by atoms with Crippen LogP contribution in [0.3, 0.4) is 0 Å². The van der Waals surface area contributed by atoms with Crippen molar-refractivity contribution >= 4 is 57.8 Å². The van der Waals surface area contributed by atoms with Crippen molar-refractivity contribution in [1.82, 2.24) is 0 Å². The molecule has 0 nitrogen and oxygen atoms in total. The Hall–Kier alpha value is 2.87. The third kappa shape index (κ3) is 19.8. The van der Waals surface area contributed by atoms with Crippen molar-refractivity contribution in [1.29, 1.82) is 0 Å². The van der Waals surface area contributed by atoms with Gasteiger partial charge in [-0.3, -0.25) is 0 Å². The first-order chi connectivity index (χ1) is 0. The van der Waals surface area contributed by atoms with Gasteiger partial charge in [0.15, 0.2) is 34.7 Å². The van der Waals surface area contributed by atoms with E-state index in [9.17, 15) is 0 Å². The average molecular weight is 205 g/mol. The van der Waals surface area contributed by atoms with Crippen LogP contribution in [0.15, 0.2) is 0 Å². The second-order valence-electron chi connectivity index (χ2n) is 0. The van der Waals surface area contributed by atoms with Gasteiger partial charge >= 0.3 is 23.1 Å². The summed E-state index contributed by atoms with van der Waals surface area (Å²) in [5, 5.41) is 0. The van der Waals surface area contributed by atoms with E-state index in [1.165, 1.54) is 0 Å². The maximum absolute atomic E-state index is 0. The van der Waals surface area contributed by atoms with Crippen LogP contribution in [-0.4, -0.2) is 57.8 Å². The van der Waals surface area contributed by atoms with Gasteiger partial charge in [-0.25, -0.2) is 0 Å². The van der Waals surface area contributed by atoms with Crippen molar-refractivity contribution in [2.45, 2.75) is 0 Å². The van der Waals surface area contributed by atoms with Crippen LogP contribution in [0.1, 0.15) is 2.85 Å². The van der Waals surface area contributed by atoms with Crippen molar-refractivity contribution in [3.63, 3.8) is 0 Å². The number of hydrogen-bond acceptors (Lipinski definition) is 0. The van der Waals surface area contributed by atoms with Gasteiger partial charge in [0.2, 0.25) is 0 Å². The van der Waals surface area contributed by atoms with Crippen molar-refractivity contribution in [3.05, 3.63) is 0 Å². The first-order valence-corrected chi connectivity index (χ1v) is 0. The van der Waals surface area contributed by atoms with Crippen LogP contribution in [0.2, 0.25) is 0 Å². The molecule has 0 aromatic carbocycles. The van der Waals surface area contributed by atoms with Crippen LogP contribution < -0.4 is 0 Å². The van der Waals surface area contributed by atoms with Gasteiger partial charge in [-0.2, -0.15) is 0 Å². The number of rotatable bonds is 0. The molecular formula is H8Al2CuMgMn. The Kier molecular flexibility index (Phi) is 259. The van der Waals surface area contributed by atoms with Gasteiger partial charge in [-0.1, -0.05) is 0 Å². The molecule has 0 bridgehead atoms. The van der Waals surface area contributed by atoms with Crippen LogP contribution >= 0.6 is 0 Å². The van der Waals surface area contributed by atoms with Crippen molar-refractivity contribution in [3.8, 4) is 0 Å². The van der Waals surface area contributed by atoms with Gasteiger partial charge in [0.05, 0.1) is 0 Å². The Bertz CT molecular complexity index is 15.7. The molecule has 0 saturated carbocycles. The molecule has 0 saturated heterocycles. The first kappa shape index (κ1) is 45.1. The molecule has 0 amide bonds. The fraction of sp³-hybridized carbons (Fsp3) is 0. The summed E-state index contributed by atoms with van der Waals surface area (Å²) in [7, 11) is 0. The summed E-state index contributed by atoms with van der Waals surface area (Å²) < 4.78 is 0. The fourth-order valence-electron chi connectivity index (χ4n) is 0. The molecule has 0 atom stereocenters.